The van der Waals surface area contributed by atoms with E-state index in [0.717, 1.165) is 38.5 Å². The van der Waals surface area contributed by atoms with Crippen LogP contribution in [-0.2, 0) is 44.2 Å². The maximum Gasteiger partial charge on any atom is 0.264 e. The summed E-state index contributed by atoms with van der Waals surface area (Å²) in [6, 6.07) is 41.3. The Bertz CT molecular complexity index is 2490. The van der Waals surface area contributed by atoms with E-state index in [4.69, 9.17) is 9.47 Å². The largest absolute Gasteiger partial charge is 0.497 e. The maximum atomic E-state index is 15.5. The summed E-state index contributed by atoms with van der Waals surface area (Å²) in [4.78, 5) is 50.4. The smallest absolute Gasteiger partial charge is 0.264 e. The van der Waals surface area contributed by atoms with Crippen LogP contribution in [-0.4, -0.2) is 67.2 Å². The minimum Gasteiger partial charge on any atom is -0.497 e. The standard InChI is InChI=1S/C49H52N4O6Si/c1-33-47(60(3,4)39-22-20-38(58-2)21-23-39)44(29-46(56)52(25-26-54)31-34-13-7-5-8-14-34)59-49(33)41-28-37(51-45(55)27-36-30-50-42-18-12-11-17-40(36)42)19-24-43(41)53(48(49)57)32-35-15-9-6-10-16-35/h5-24,28,30,33,44,47,50,54H,25-27,29,31-32H2,1-4H3,(H,51,55)/t33-,44+,47-,49+/m1/s1. The summed E-state index contributed by atoms with van der Waals surface area (Å²) >= 11 is 0. The predicted molar refractivity (Wildman–Crippen MR) is 238 cm³/mol. The van der Waals surface area contributed by atoms with Crippen molar-refractivity contribution in [3.63, 3.8) is 0 Å². The van der Waals surface area contributed by atoms with E-state index in [-0.39, 0.29) is 55.2 Å². The van der Waals surface area contributed by atoms with Crippen LogP contribution in [0.25, 0.3) is 10.9 Å². The van der Waals surface area contributed by atoms with Crippen molar-refractivity contribution in [1.29, 1.82) is 0 Å². The number of aromatic nitrogens is 1. The van der Waals surface area contributed by atoms with Crippen LogP contribution in [0.5, 0.6) is 5.75 Å². The highest BCUT2D eigenvalue weighted by atomic mass is 28.3. The number of nitrogens with zero attached hydrogens (tertiary/aromatic N) is 2. The number of aliphatic hydroxyl groups excluding tert-OH is 1. The zero-order valence-electron chi connectivity index (χ0n) is 34.6. The van der Waals surface area contributed by atoms with Gasteiger partial charge in [0.1, 0.15) is 5.75 Å². The number of methoxy groups -OCH3 is 1. The molecule has 0 aliphatic carbocycles. The number of aromatic amines is 1. The molecule has 1 aromatic heterocycles. The number of carbonyl (C=O) groups excluding carboxylic acids is 3. The molecule has 308 valence electrons. The van der Waals surface area contributed by atoms with E-state index in [0.29, 0.717) is 30.0 Å². The van der Waals surface area contributed by atoms with Crippen molar-refractivity contribution in [3.8, 4) is 5.75 Å². The van der Waals surface area contributed by atoms with Gasteiger partial charge in [-0.05, 0) is 58.6 Å². The van der Waals surface area contributed by atoms with Crippen LogP contribution >= 0.6 is 0 Å². The van der Waals surface area contributed by atoms with Gasteiger partial charge in [-0.3, -0.25) is 14.4 Å². The Morgan fingerprint density at radius 3 is 2.30 bits per heavy atom. The average Bonchev–Trinajstić information content (AvgIpc) is 3.87. The molecule has 0 bridgehead atoms. The quantitative estimate of drug-likeness (QED) is 0.0977. The Morgan fingerprint density at radius 1 is 0.917 bits per heavy atom. The zero-order chi connectivity index (χ0) is 42.0. The highest BCUT2D eigenvalue weighted by Crippen LogP contribution is 2.60. The third-order valence-electron chi connectivity index (χ3n) is 12.6. The number of rotatable bonds is 14. The number of aliphatic hydroxyl groups is 1. The van der Waals surface area contributed by atoms with Crippen LogP contribution in [0, 0.1) is 5.92 Å². The van der Waals surface area contributed by atoms with Gasteiger partial charge in [0, 0.05) is 47.4 Å². The van der Waals surface area contributed by atoms with Gasteiger partial charge in [-0.15, -0.1) is 0 Å². The molecule has 10 nitrogen and oxygen atoms in total. The fraction of sp³-hybridized carbons (Fsp3) is 0.286. The fourth-order valence-corrected chi connectivity index (χ4v) is 13.7. The molecule has 11 heteroatoms. The first-order valence-electron chi connectivity index (χ1n) is 20.6. The molecule has 3 amide bonds. The van der Waals surface area contributed by atoms with Crippen molar-refractivity contribution in [1.82, 2.24) is 9.88 Å². The number of hydrogen-bond donors (Lipinski definition) is 3. The molecule has 4 atom stereocenters. The first-order chi connectivity index (χ1) is 29.0. The predicted octanol–water partition coefficient (Wildman–Crippen LogP) is 7.53. The molecular weight excluding hydrogens is 769 g/mol. The Morgan fingerprint density at radius 2 is 1.60 bits per heavy atom. The van der Waals surface area contributed by atoms with E-state index >= 15 is 4.79 Å². The Kier molecular flexibility index (Phi) is 11.5. The summed E-state index contributed by atoms with van der Waals surface area (Å²) in [5, 5.41) is 15.4. The second-order valence-corrected chi connectivity index (χ2v) is 21.3. The molecule has 0 saturated carbocycles. The molecule has 60 heavy (non-hydrogen) atoms. The second kappa shape index (κ2) is 16.9. The van der Waals surface area contributed by atoms with Gasteiger partial charge in [-0.2, -0.15) is 0 Å². The molecule has 5 aromatic carbocycles. The minimum atomic E-state index is -2.59. The first-order valence-corrected chi connectivity index (χ1v) is 23.7. The van der Waals surface area contributed by atoms with Gasteiger partial charge in [0.2, 0.25) is 11.8 Å². The number of anilines is 2. The van der Waals surface area contributed by atoms with Gasteiger partial charge < -0.3 is 34.7 Å². The van der Waals surface area contributed by atoms with Crippen molar-refractivity contribution < 1.29 is 29.0 Å². The first kappa shape index (κ1) is 40.8. The van der Waals surface area contributed by atoms with E-state index in [2.05, 4.69) is 42.5 Å². The number of nitrogens with one attached hydrogen (secondary N) is 2. The summed E-state index contributed by atoms with van der Waals surface area (Å²) < 4.78 is 12.8. The van der Waals surface area contributed by atoms with E-state index in [1.807, 2.05) is 121 Å². The number of amides is 3. The van der Waals surface area contributed by atoms with Crippen molar-refractivity contribution in [3.05, 3.63) is 156 Å². The van der Waals surface area contributed by atoms with Gasteiger partial charge >= 0.3 is 0 Å². The van der Waals surface area contributed by atoms with Crippen molar-refractivity contribution in [2.24, 2.45) is 5.92 Å². The lowest BCUT2D eigenvalue weighted by atomic mass is 9.82. The Balaban J connectivity index is 1.19. The summed E-state index contributed by atoms with van der Waals surface area (Å²) in [6.07, 6.45) is 1.42. The normalized spacial score (nSPS) is 19.8. The van der Waals surface area contributed by atoms with Crippen LogP contribution in [0.2, 0.25) is 18.6 Å². The van der Waals surface area contributed by atoms with Gasteiger partial charge in [-0.25, -0.2) is 0 Å². The SMILES string of the molecule is COc1ccc([Si](C)(C)[C@H]2[C@H](CC(=O)N(CCO)Cc3ccccc3)O[C@@]3(C(=O)N(Cc4ccccc4)c4ccc(NC(=O)Cc5c[nH]c6ccccc56)cc43)[C@@H]2C)cc1. The van der Waals surface area contributed by atoms with Crippen molar-refractivity contribution in [2.75, 3.05) is 30.5 Å². The molecular formula is C49H52N4O6Si. The van der Waals surface area contributed by atoms with Gasteiger partial charge in [0.05, 0.1) is 53.0 Å². The van der Waals surface area contributed by atoms with Crippen LogP contribution in [0.1, 0.15) is 35.6 Å². The molecule has 1 fully saturated rings. The highest BCUT2D eigenvalue weighted by Gasteiger charge is 2.66. The van der Waals surface area contributed by atoms with E-state index in [1.54, 1.807) is 16.9 Å². The molecule has 0 unspecified atom stereocenters. The average molecular weight is 821 g/mol. The van der Waals surface area contributed by atoms with Gasteiger partial charge in [0.15, 0.2) is 5.60 Å². The third kappa shape index (κ3) is 7.64. The number of fused-ring (bicyclic) bond motifs is 3. The fourth-order valence-electron chi connectivity index (χ4n) is 9.69. The van der Waals surface area contributed by atoms with E-state index in [9.17, 15) is 14.7 Å². The molecule has 3 heterocycles. The topological polar surface area (TPSA) is 124 Å². The van der Waals surface area contributed by atoms with Gasteiger partial charge in [0.25, 0.3) is 5.91 Å². The van der Waals surface area contributed by atoms with Crippen LogP contribution in [0.3, 0.4) is 0 Å². The van der Waals surface area contributed by atoms with Crippen LogP contribution in [0.15, 0.2) is 134 Å². The molecule has 1 saturated heterocycles. The van der Waals surface area contributed by atoms with E-state index in [1.165, 1.54) is 0 Å². The van der Waals surface area contributed by atoms with E-state index < -0.39 is 19.8 Å². The Hall–Kier alpha value is -6.01. The monoisotopic (exact) mass is 820 g/mol. The minimum absolute atomic E-state index is 0.0263. The summed E-state index contributed by atoms with van der Waals surface area (Å²) in [5.41, 5.74) is 4.08. The molecule has 0 radical (unpaired) electrons. The lowest BCUT2D eigenvalue weighted by Gasteiger charge is -2.37. The van der Waals surface area contributed by atoms with Crippen LogP contribution in [0.4, 0.5) is 11.4 Å². The number of H-pyrrole nitrogens is 1. The molecule has 8 rings (SSSR count). The molecule has 3 N–H and O–H groups in total. The summed E-state index contributed by atoms with van der Waals surface area (Å²) in [5.74, 6) is -0.150. The van der Waals surface area contributed by atoms with Crippen LogP contribution < -0.4 is 20.1 Å². The third-order valence-corrected chi connectivity index (χ3v) is 17.0. The second-order valence-electron chi connectivity index (χ2n) is 16.6. The molecule has 1 spiro atoms. The zero-order valence-corrected chi connectivity index (χ0v) is 35.6. The highest BCUT2D eigenvalue weighted by molar-refractivity contribution is 6.91. The lowest BCUT2D eigenvalue weighted by Crippen LogP contribution is -2.52. The number of carbonyl (C=O) groups is 3. The molecule has 2 aliphatic heterocycles. The number of benzene rings is 5. The van der Waals surface area contributed by atoms with Crippen molar-refractivity contribution in [2.45, 2.75) is 63.2 Å². The summed E-state index contributed by atoms with van der Waals surface area (Å²) in [7, 11) is -0.941. The molecule has 6 aromatic rings. The Labute approximate surface area is 352 Å². The van der Waals surface area contributed by atoms with Gasteiger partial charge in [-0.1, -0.05) is 116 Å². The summed E-state index contributed by atoms with van der Waals surface area (Å²) in [6.45, 7) is 7.31. The lowest BCUT2D eigenvalue weighted by molar-refractivity contribution is -0.150. The molecule has 2 aliphatic rings. The number of hydrogen-bond acceptors (Lipinski definition) is 6. The van der Waals surface area contributed by atoms with Crippen molar-refractivity contribution >= 4 is 53.3 Å². The number of para-hydroxylation sites is 1. The number of ether oxygens (including phenoxy) is 2. The maximum absolute atomic E-state index is 15.5.